The van der Waals surface area contributed by atoms with Crippen molar-refractivity contribution < 1.29 is 26.5 Å². The van der Waals surface area contributed by atoms with Crippen LogP contribution >= 0.6 is 0 Å². The van der Waals surface area contributed by atoms with Gasteiger partial charge in [-0.3, -0.25) is 0 Å². The van der Waals surface area contributed by atoms with Crippen LogP contribution in [0.1, 0.15) is 12.8 Å². The van der Waals surface area contributed by atoms with Gasteiger partial charge in [0, 0.05) is 0 Å². The van der Waals surface area contributed by atoms with Gasteiger partial charge >= 0.3 is 151 Å². The van der Waals surface area contributed by atoms with Crippen molar-refractivity contribution in [3.8, 4) is 0 Å². The second-order valence-electron chi connectivity index (χ2n) is 7.67. The van der Waals surface area contributed by atoms with Crippen molar-refractivity contribution >= 4 is 29.5 Å². The second kappa shape index (κ2) is 5.83. The third-order valence-electron chi connectivity index (χ3n) is 4.62. The predicted molar refractivity (Wildman–Crippen MR) is 95.7 cm³/mol. The van der Waals surface area contributed by atoms with E-state index in [1.807, 2.05) is 0 Å². The van der Waals surface area contributed by atoms with Crippen LogP contribution in [0.25, 0.3) is 0 Å². The van der Waals surface area contributed by atoms with E-state index in [0.717, 1.165) is 12.1 Å². The van der Waals surface area contributed by atoms with E-state index in [1.54, 1.807) is 11.6 Å². The fraction of sp³-hybridized carbons (Fsp3) is 0.533. The van der Waals surface area contributed by atoms with E-state index >= 15 is 0 Å². The molecule has 1 aromatic carbocycles. The summed E-state index contributed by atoms with van der Waals surface area (Å²) in [6.45, 7) is 3.25. The van der Waals surface area contributed by atoms with Crippen LogP contribution in [0.5, 0.6) is 0 Å². The number of hydrogen-bond donors (Lipinski definition) is 0. The van der Waals surface area contributed by atoms with Crippen LogP contribution in [0.15, 0.2) is 29.2 Å². The molecule has 26 heavy (non-hydrogen) atoms. The third kappa shape index (κ3) is 3.38. The molecule has 2 aliphatic heterocycles. The average Bonchev–Trinajstić information content (AvgIpc) is 3.09. The van der Waals surface area contributed by atoms with Gasteiger partial charge in [0.25, 0.3) is 0 Å². The van der Waals surface area contributed by atoms with E-state index in [1.165, 1.54) is 29.5 Å². The minimum absolute atomic E-state index is 0.0241. The molecule has 3 rings (SSSR count). The third-order valence-corrected chi connectivity index (χ3v) is 8.73. The van der Waals surface area contributed by atoms with Gasteiger partial charge in [0.05, 0.1) is 0 Å². The first kappa shape index (κ1) is 18.9. The summed E-state index contributed by atoms with van der Waals surface area (Å²) in [5, 5.41) is 10.8. The molecule has 0 aromatic heterocycles. The maximum absolute atomic E-state index is 15.0. The molecule has 0 saturated carbocycles. The van der Waals surface area contributed by atoms with Crippen molar-refractivity contribution in [3.05, 3.63) is 34.4 Å². The van der Waals surface area contributed by atoms with E-state index in [2.05, 4.69) is 0 Å². The molecule has 0 unspecified atom stereocenters. The minimum atomic E-state index is -4.06. The molecule has 8 nitrogen and oxygen atoms in total. The van der Waals surface area contributed by atoms with Gasteiger partial charge in [0.2, 0.25) is 0 Å². The number of benzene rings is 1. The molecule has 0 aliphatic carbocycles. The zero-order valence-corrected chi connectivity index (χ0v) is 16.7. The van der Waals surface area contributed by atoms with Gasteiger partial charge in [-0.15, -0.1) is 0 Å². The molecule has 1 aromatic rings. The quantitative estimate of drug-likeness (QED) is 0.252. The van der Waals surface area contributed by atoms with Gasteiger partial charge in [0.1, 0.15) is 0 Å². The number of nitrogens with zero attached hydrogens (tertiary/aromatic N) is 3. The Balaban J connectivity index is 1.92. The van der Waals surface area contributed by atoms with Crippen LogP contribution < -0.4 is 0 Å². The van der Waals surface area contributed by atoms with Crippen LogP contribution in [0.4, 0.5) is 9.80 Å². The topological polar surface area (TPSA) is 92.8 Å². The van der Waals surface area contributed by atoms with E-state index < -0.39 is 28.9 Å². The number of rotatable bonds is 4. The van der Waals surface area contributed by atoms with Crippen LogP contribution in [-0.4, -0.2) is 61.9 Å². The first-order valence-electron chi connectivity index (χ1n) is 8.34. The monoisotopic (exact) mass is 403 g/mol. The van der Waals surface area contributed by atoms with Gasteiger partial charge in [-0.2, -0.15) is 0 Å². The van der Waals surface area contributed by atoms with Crippen LogP contribution in [0, 0.1) is 10.1 Å². The second-order valence-corrected chi connectivity index (χ2v) is 14.8. The molecule has 2 heterocycles. The molecule has 0 amide bonds. The molecule has 1 atom stereocenters. The van der Waals surface area contributed by atoms with Crippen molar-refractivity contribution in [1.29, 1.82) is 0 Å². The molecular formula is C15H22FN3O5SSi. The van der Waals surface area contributed by atoms with Crippen LogP contribution in [0.3, 0.4) is 0 Å². The average molecular weight is 404 g/mol. The normalized spacial score (nSPS) is 26.9. The number of nitro benzene ring substituents is 1. The van der Waals surface area contributed by atoms with E-state index in [9.17, 15) is 22.6 Å². The number of hydrogen-bond acceptors (Lipinski definition) is 5. The summed E-state index contributed by atoms with van der Waals surface area (Å²) in [5.74, 6) is 0.355. The Kier molecular flexibility index (Phi) is 4.24. The summed E-state index contributed by atoms with van der Waals surface area (Å²) in [6, 6.07) is 4.21. The standard InChI is InChI=1S/C15H22FN3O5SSi/c1-17-11-26(2,3,16)24-15(17)14-5-4-10-18(14)25(22,23)13-8-6-12(7-9-13)19(20)21/h6-9,14H,4-5,10-11H2,1-3H3/t14-/m0/s1. The van der Waals surface area contributed by atoms with Crippen molar-refractivity contribution in [3.63, 3.8) is 0 Å². The number of nitro groups is 1. The predicted octanol–water partition coefficient (Wildman–Crippen LogP) is 1.98. The first-order chi connectivity index (χ1) is 11.9. The maximum atomic E-state index is 15.0. The van der Waals surface area contributed by atoms with Gasteiger partial charge in [-0.05, 0) is 0 Å². The molecule has 0 radical (unpaired) electrons. The molecule has 0 bridgehead atoms. The van der Waals surface area contributed by atoms with E-state index in [-0.39, 0.29) is 16.8 Å². The Morgan fingerprint density at radius 1 is 1.35 bits per heavy atom. The SMILES string of the molecule is C[N+]1=C([C@@H]2CCCN2S(=O)(=O)c2ccc([N+](=O)[O-])cc2)O[Si-](C)(C)(F)C1. The fourth-order valence-electron chi connectivity index (χ4n) is 3.64. The van der Waals surface area contributed by atoms with Gasteiger partial charge in [-0.1, -0.05) is 0 Å². The first-order valence-corrected chi connectivity index (χ1v) is 13.3. The fourth-order valence-corrected chi connectivity index (χ4v) is 7.77. The molecule has 2 aliphatic rings. The van der Waals surface area contributed by atoms with E-state index in [4.69, 9.17) is 4.43 Å². The van der Waals surface area contributed by atoms with Gasteiger partial charge in [0.15, 0.2) is 0 Å². The van der Waals surface area contributed by atoms with Crippen LogP contribution in [0.2, 0.25) is 13.1 Å². The molecule has 11 heteroatoms. The van der Waals surface area contributed by atoms with Crippen molar-refractivity contribution in [2.45, 2.75) is 36.9 Å². The van der Waals surface area contributed by atoms with Gasteiger partial charge in [-0.25, -0.2) is 0 Å². The Morgan fingerprint density at radius 3 is 2.46 bits per heavy atom. The van der Waals surface area contributed by atoms with Gasteiger partial charge < -0.3 is 0 Å². The Hall–Kier alpha value is -1.85. The zero-order chi connectivity index (χ0) is 19.4. The Morgan fingerprint density at radius 2 is 1.96 bits per heavy atom. The van der Waals surface area contributed by atoms with Crippen molar-refractivity contribution in [1.82, 2.24) is 4.31 Å². The number of non-ortho nitro benzene ring substituents is 1. The zero-order valence-electron chi connectivity index (χ0n) is 14.9. The summed E-state index contributed by atoms with van der Waals surface area (Å²) in [5.41, 5.74) is -0.178. The molecule has 1 fully saturated rings. The molecule has 144 valence electrons. The molecule has 0 spiro atoms. The summed E-state index contributed by atoms with van der Waals surface area (Å²) < 4.78 is 49.6. The number of halogens is 1. The molecule has 0 N–H and O–H groups in total. The Labute approximate surface area is 151 Å². The summed E-state index contributed by atoms with van der Waals surface area (Å²) in [4.78, 5) is 10.2. The van der Waals surface area contributed by atoms with Crippen LogP contribution in [-0.2, 0) is 14.4 Å². The van der Waals surface area contributed by atoms with Crippen molar-refractivity contribution in [2.75, 3.05) is 19.8 Å². The molecular weight excluding hydrogens is 381 g/mol. The number of sulfonamides is 1. The molecule has 1 saturated heterocycles. The van der Waals surface area contributed by atoms with E-state index in [0.29, 0.717) is 25.3 Å². The summed E-state index contributed by atoms with van der Waals surface area (Å²) >= 11 is 0. The summed E-state index contributed by atoms with van der Waals surface area (Å²) in [6.07, 6.45) is 1.33. The summed E-state index contributed by atoms with van der Waals surface area (Å²) in [7, 11) is -6.23. The Bertz CT molecular complexity index is 892. The van der Waals surface area contributed by atoms with Crippen molar-refractivity contribution in [2.24, 2.45) is 0 Å².